The van der Waals surface area contributed by atoms with Gasteiger partial charge in [0.2, 0.25) is 0 Å². The zero-order chi connectivity index (χ0) is 15.2. The van der Waals surface area contributed by atoms with Crippen LogP contribution in [0.25, 0.3) is 0 Å². The molecule has 6 nitrogen and oxygen atoms in total. The number of hydrogen-bond acceptors (Lipinski definition) is 3. The molecule has 0 atom stereocenters. The molecule has 0 amide bonds. The summed E-state index contributed by atoms with van der Waals surface area (Å²) in [4.78, 5) is 6.29. The lowest BCUT2D eigenvalue weighted by atomic mass is 10.2. The van der Waals surface area contributed by atoms with Gasteiger partial charge in [-0.15, -0.1) is 10.2 Å². The van der Waals surface area contributed by atoms with Crippen LogP contribution in [0.2, 0.25) is 5.02 Å². The van der Waals surface area contributed by atoms with Gasteiger partial charge >= 0.3 is 0 Å². The van der Waals surface area contributed by atoms with Gasteiger partial charge in [0.1, 0.15) is 6.33 Å². The molecule has 0 saturated carbocycles. The van der Waals surface area contributed by atoms with Crippen LogP contribution in [0, 0.1) is 0 Å². The van der Waals surface area contributed by atoms with Crippen molar-refractivity contribution in [2.75, 3.05) is 14.1 Å². The molecule has 1 heterocycles. The van der Waals surface area contributed by atoms with Crippen molar-refractivity contribution in [3.8, 4) is 0 Å². The van der Waals surface area contributed by atoms with Gasteiger partial charge in [-0.1, -0.05) is 29.8 Å². The van der Waals surface area contributed by atoms with Crippen molar-refractivity contribution >= 4 is 17.6 Å². The molecule has 7 heteroatoms. The lowest BCUT2D eigenvalue weighted by Crippen LogP contribution is -2.38. The van der Waals surface area contributed by atoms with E-state index < -0.39 is 0 Å². The number of guanidine groups is 1. The van der Waals surface area contributed by atoms with Crippen LogP contribution in [-0.4, -0.2) is 39.7 Å². The van der Waals surface area contributed by atoms with Gasteiger partial charge in [-0.3, -0.25) is 4.99 Å². The van der Waals surface area contributed by atoms with E-state index in [0.29, 0.717) is 13.1 Å². The Morgan fingerprint density at radius 3 is 2.81 bits per heavy atom. The largest absolute Gasteiger partial charge is 0.349 e. The van der Waals surface area contributed by atoms with Crippen molar-refractivity contribution < 1.29 is 0 Å². The van der Waals surface area contributed by atoms with Crippen molar-refractivity contribution in [2.45, 2.75) is 13.1 Å². The number of nitrogens with zero attached hydrogens (tertiary/aromatic N) is 5. The number of halogens is 1. The highest BCUT2D eigenvalue weighted by atomic mass is 35.5. The highest BCUT2D eigenvalue weighted by molar-refractivity contribution is 6.31. The highest BCUT2D eigenvalue weighted by Crippen LogP contribution is 2.16. The number of hydrogen-bond donors (Lipinski definition) is 1. The van der Waals surface area contributed by atoms with Crippen molar-refractivity contribution in [1.29, 1.82) is 0 Å². The fraction of sp³-hybridized carbons (Fsp3) is 0.357. The number of aromatic nitrogens is 3. The Balaban J connectivity index is 1.98. The second-order valence-electron chi connectivity index (χ2n) is 4.71. The summed E-state index contributed by atoms with van der Waals surface area (Å²) in [6, 6.07) is 7.80. The molecule has 1 aromatic carbocycles. The monoisotopic (exact) mass is 306 g/mol. The molecule has 0 radical (unpaired) electrons. The standard InChI is InChI=1S/C14H19ClN6/c1-16-14(17-8-13-19-18-10-21(13)3)20(2)9-11-6-4-5-7-12(11)15/h4-7,10H,8-9H2,1-3H3,(H,16,17). The molecule has 0 aliphatic heterocycles. The van der Waals surface area contributed by atoms with E-state index in [1.165, 1.54) is 0 Å². The van der Waals surface area contributed by atoms with Crippen LogP contribution in [0.15, 0.2) is 35.6 Å². The van der Waals surface area contributed by atoms with E-state index in [4.69, 9.17) is 11.6 Å². The summed E-state index contributed by atoms with van der Waals surface area (Å²) in [7, 11) is 5.63. The van der Waals surface area contributed by atoms with Gasteiger partial charge in [-0.2, -0.15) is 0 Å². The first kappa shape index (κ1) is 15.3. The fourth-order valence-corrected chi connectivity index (χ4v) is 2.16. The maximum Gasteiger partial charge on any atom is 0.194 e. The Labute approximate surface area is 129 Å². The van der Waals surface area contributed by atoms with E-state index in [1.807, 2.05) is 47.8 Å². The second-order valence-corrected chi connectivity index (χ2v) is 5.11. The molecule has 1 N–H and O–H groups in total. The first-order valence-corrected chi connectivity index (χ1v) is 6.97. The number of nitrogens with one attached hydrogen (secondary N) is 1. The first-order chi connectivity index (χ1) is 10.1. The maximum atomic E-state index is 6.19. The van der Waals surface area contributed by atoms with Crippen LogP contribution in [0.3, 0.4) is 0 Å². The Hall–Kier alpha value is -2.08. The van der Waals surface area contributed by atoms with E-state index >= 15 is 0 Å². The van der Waals surface area contributed by atoms with Gasteiger partial charge in [-0.05, 0) is 11.6 Å². The number of rotatable bonds is 4. The second kappa shape index (κ2) is 7.08. The predicted molar refractivity (Wildman–Crippen MR) is 84.1 cm³/mol. The van der Waals surface area contributed by atoms with Crippen LogP contribution in [0.4, 0.5) is 0 Å². The zero-order valence-electron chi connectivity index (χ0n) is 12.4. The third-order valence-corrected chi connectivity index (χ3v) is 3.52. The summed E-state index contributed by atoms with van der Waals surface area (Å²) < 4.78 is 1.87. The molecule has 0 bridgehead atoms. The third-order valence-electron chi connectivity index (χ3n) is 3.15. The van der Waals surface area contributed by atoms with Gasteiger partial charge in [0.05, 0.1) is 6.54 Å². The molecule has 0 spiro atoms. The summed E-state index contributed by atoms with van der Waals surface area (Å²) in [6.07, 6.45) is 1.67. The van der Waals surface area contributed by atoms with E-state index in [2.05, 4.69) is 20.5 Å². The molecule has 21 heavy (non-hydrogen) atoms. The van der Waals surface area contributed by atoms with Gasteiger partial charge in [0, 0.05) is 32.7 Å². The van der Waals surface area contributed by atoms with Crippen LogP contribution < -0.4 is 5.32 Å². The number of benzene rings is 1. The van der Waals surface area contributed by atoms with Crippen molar-refractivity contribution in [3.05, 3.63) is 47.0 Å². The Morgan fingerprint density at radius 2 is 2.19 bits per heavy atom. The van der Waals surface area contributed by atoms with Crippen molar-refractivity contribution in [1.82, 2.24) is 25.0 Å². The molecule has 1 aromatic heterocycles. The fourth-order valence-electron chi connectivity index (χ4n) is 1.97. The van der Waals surface area contributed by atoms with Gasteiger partial charge < -0.3 is 14.8 Å². The van der Waals surface area contributed by atoms with Gasteiger partial charge in [-0.25, -0.2) is 0 Å². The minimum Gasteiger partial charge on any atom is -0.349 e. The van der Waals surface area contributed by atoms with Crippen LogP contribution >= 0.6 is 11.6 Å². The average molecular weight is 307 g/mol. The lowest BCUT2D eigenvalue weighted by Gasteiger charge is -2.22. The molecular formula is C14H19ClN6. The average Bonchev–Trinajstić information content (AvgIpc) is 2.88. The normalized spacial score (nSPS) is 11.5. The molecule has 0 fully saturated rings. The molecule has 2 aromatic rings. The number of aryl methyl sites for hydroxylation is 1. The molecule has 112 valence electrons. The number of aliphatic imine (C=N–C) groups is 1. The van der Waals surface area contributed by atoms with Crippen LogP contribution in [-0.2, 0) is 20.1 Å². The highest BCUT2D eigenvalue weighted by Gasteiger charge is 2.09. The Morgan fingerprint density at radius 1 is 1.43 bits per heavy atom. The van der Waals surface area contributed by atoms with Gasteiger partial charge in [0.15, 0.2) is 11.8 Å². The van der Waals surface area contributed by atoms with Crippen LogP contribution in [0.1, 0.15) is 11.4 Å². The van der Waals surface area contributed by atoms with E-state index in [-0.39, 0.29) is 0 Å². The minimum absolute atomic E-state index is 0.566. The predicted octanol–water partition coefficient (Wildman–Crippen LogP) is 1.68. The summed E-state index contributed by atoms with van der Waals surface area (Å²) in [5.74, 6) is 1.63. The first-order valence-electron chi connectivity index (χ1n) is 6.60. The SMILES string of the molecule is CN=C(NCc1nncn1C)N(C)Cc1ccccc1Cl. The van der Waals surface area contributed by atoms with Gasteiger partial charge in [0.25, 0.3) is 0 Å². The summed E-state index contributed by atoms with van der Waals surface area (Å²) >= 11 is 6.19. The third kappa shape index (κ3) is 3.95. The molecule has 0 unspecified atom stereocenters. The molecule has 2 rings (SSSR count). The Kier molecular flexibility index (Phi) is 5.16. The molecule has 0 saturated heterocycles. The summed E-state index contributed by atoms with van der Waals surface area (Å²) in [6.45, 7) is 1.24. The smallest absolute Gasteiger partial charge is 0.194 e. The molecular weight excluding hydrogens is 288 g/mol. The maximum absolute atomic E-state index is 6.19. The molecule has 0 aliphatic rings. The van der Waals surface area contributed by atoms with E-state index in [1.54, 1.807) is 13.4 Å². The van der Waals surface area contributed by atoms with Crippen LogP contribution in [0.5, 0.6) is 0 Å². The van der Waals surface area contributed by atoms with E-state index in [9.17, 15) is 0 Å². The Bertz CT molecular complexity index is 621. The molecule has 0 aliphatic carbocycles. The van der Waals surface area contributed by atoms with Crippen molar-refractivity contribution in [2.24, 2.45) is 12.0 Å². The van der Waals surface area contributed by atoms with Crippen molar-refractivity contribution in [3.63, 3.8) is 0 Å². The lowest BCUT2D eigenvalue weighted by molar-refractivity contribution is 0.474. The summed E-state index contributed by atoms with van der Waals surface area (Å²) in [5, 5.41) is 11.9. The quantitative estimate of drug-likeness (QED) is 0.690. The zero-order valence-corrected chi connectivity index (χ0v) is 13.2. The topological polar surface area (TPSA) is 58.3 Å². The minimum atomic E-state index is 0.566. The summed E-state index contributed by atoms with van der Waals surface area (Å²) in [5.41, 5.74) is 1.06. The van der Waals surface area contributed by atoms with E-state index in [0.717, 1.165) is 22.4 Å².